The highest BCUT2D eigenvalue weighted by atomic mass is 19.1. The third-order valence-corrected chi connectivity index (χ3v) is 2.86. The van der Waals surface area contributed by atoms with Crippen LogP contribution in [-0.4, -0.2) is 23.3 Å². The second kappa shape index (κ2) is 3.74. The highest BCUT2D eigenvalue weighted by molar-refractivity contribution is 5.99. The van der Waals surface area contributed by atoms with Gasteiger partial charge in [0.1, 0.15) is 5.82 Å². The number of hydrogen-bond donors (Lipinski definition) is 0. The summed E-state index contributed by atoms with van der Waals surface area (Å²) in [5.41, 5.74) is 1.09. The standard InChI is InChI=1S/C12H14FNO/c1-8(2)14-6-10-9(12(15)7-14)4-3-5-11(10)13/h3-5,8H,6-7H2,1-2H3. The Hall–Kier alpha value is -1.22. The number of Topliss-reactive ketones (excluding diaryl/α,β-unsaturated/α-hetero) is 1. The highest BCUT2D eigenvalue weighted by Gasteiger charge is 2.26. The summed E-state index contributed by atoms with van der Waals surface area (Å²) in [7, 11) is 0. The zero-order valence-corrected chi connectivity index (χ0v) is 8.96. The summed E-state index contributed by atoms with van der Waals surface area (Å²) in [6, 6.07) is 4.98. The normalized spacial score (nSPS) is 16.9. The number of halogens is 1. The number of carbonyl (C=O) groups excluding carboxylic acids is 1. The van der Waals surface area contributed by atoms with E-state index in [1.165, 1.54) is 6.07 Å². The van der Waals surface area contributed by atoms with Crippen LogP contribution in [0.4, 0.5) is 4.39 Å². The van der Waals surface area contributed by atoms with Gasteiger partial charge >= 0.3 is 0 Å². The molecule has 0 saturated carbocycles. The van der Waals surface area contributed by atoms with Crippen molar-refractivity contribution >= 4 is 5.78 Å². The molecule has 0 unspecified atom stereocenters. The van der Waals surface area contributed by atoms with Crippen molar-refractivity contribution in [2.45, 2.75) is 26.4 Å². The quantitative estimate of drug-likeness (QED) is 0.703. The molecule has 0 fully saturated rings. The van der Waals surface area contributed by atoms with Crippen molar-refractivity contribution in [3.05, 3.63) is 35.1 Å². The predicted molar refractivity (Wildman–Crippen MR) is 56.3 cm³/mol. The average Bonchev–Trinajstić information content (AvgIpc) is 2.19. The van der Waals surface area contributed by atoms with Gasteiger partial charge in [0.2, 0.25) is 0 Å². The first-order valence-corrected chi connectivity index (χ1v) is 5.14. The molecule has 1 aromatic rings. The Morgan fingerprint density at radius 1 is 1.33 bits per heavy atom. The van der Waals surface area contributed by atoms with E-state index in [4.69, 9.17) is 0 Å². The molecule has 0 amide bonds. The molecule has 1 aliphatic heterocycles. The minimum Gasteiger partial charge on any atom is -0.293 e. The van der Waals surface area contributed by atoms with Gasteiger partial charge in [-0.25, -0.2) is 4.39 Å². The van der Waals surface area contributed by atoms with Crippen LogP contribution in [0.1, 0.15) is 29.8 Å². The summed E-state index contributed by atoms with van der Waals surface area (Å²) >= 11 is 0. The van der Waals surface area contributed by atoms with Crippen LogP contribution in [0.15, 0.2) is 18.2 Å². The van der Waals surface area contributed by atoms with E-state index in [1.807, 2.05) is 18.7 Å². The predicted octanol–water partition coefficient (Wildman–Crippen LogP) is 2.23. The van der Waals surface area contributed by atoms with E-state index in [1.54, 1.807) is 12.1 Å². The van der Waals surface area contributed by atoms with Gasteiger partial charge < -0.3 is 0 Å². The number of hydrogen-bond acceptors (Lipinski definition) is 2. The van der Waals surface area contributed by atoms with Crippen LogP contribution in [0.5, 0.6) is 0 Å². The van der Waals surface area contributed by atoms with Gasteiger partial charge in [0.15, 0.2) is 5.78 Å². The minimum absolute atomic E-state index is 0.0180. The molecule has 0 spiro atoms. The lowest BCUT2D eigenvalue weighted by Crippen LogP contribution is -2.39. The lowest BCUT2D eigenvalue weighted by Gasteiger charge is -2.30. The molecule has 0 aromatic heterocycles. The van der Waals surface area contributed by atoms with Gasteiger partial charge in [-0.05, 0) is 19.9 Å². The van der Waals surface area contributed by atoms with Crippen LogP contribution in [0.25, 0.3) is 0 Å². The lowest BCUT2D eigenvalue weighted by molar-refractivity contribution is 0.0864. The first-order chi connectivity index (χ1) is 7.09. The fourth-order valence-corrected chi connectivity index (χ4v) is 1.87. The van der Waals surface area contributed by atoms with Crippen molar-refractivity contribution in [3.8, 4) is 0 Å². The van der Waals surface area contributed by atoms with Crippen molar-refractivity contribution in [1.82, 2.24) is 4.90 Å². The van der Waals surface area contributed by atoms with Crippen LogP contribution < -0.4 is 0 Å². The van der Waals surface area contributed by atoms with Crippen molar-refractivity contribution in [2.24, 2.45) is 0 Å². The van der Waals surface area contributed by atoms with E-state index in [0.29, 0.717) is 24.2 Å². The van der Waals surface area contributed by atoms with Gasteiger partial charge in [-0.15, -0.1) is 0 Å². The second-order valence-electron chi connectivity index (χ2n) is 4.19. The van der Waals surface area contributed by atoms with Crippen LogP contribution in [-0.2, 0) is 6.54 Å². The monoisotopic (exact) mass is 207 g/mol. The van der Waals surface area contributed by atoms with Crippen molar-refractivity contribution in [3.63, 3.8) is 0 Å². The Morgan fingerprint density at radius 3 is 2.73 bits per heavy atom. The molecule has 0 saturated heterocycles. The summed E-state index contributed by atoms with van der Waals surface area (Å²) in [6.45, 7) is 4.96. The minimum atomic E-state index is -0.272. The molecule has 80 valence electrons. The first-order valence-electron chi connectivity index (χ1n) is 5.14. The number of carbonyl (C=O) groups is 1. The van der Waals surface area contributed by atoms with Gasteiger partial charge in [0.25, 0.3) is 0 Å². The smallest absolute Gasteiger partial charge is 0.177 e. The molecule has 0 atom stereocenters. The van der Waals surface area contributed by atoms with Crippen LogP contribution in [0.2, 0.25) is 0 Å². The third-order valence-electron chi connectivity index (χ3n) is 2.86. The summed E-state index contributed by atoms with van der Waals surface area (Å²) in [6.07, 6.45) is 0. The summed E-state index contributed by atoms with van der Waals surface area (Å²) < 4.78 is 13.5. The Kier molecular flexibility index (Phi) is 2.57. The molecule has 0 bridgehead atoms. The van der Waals surface area contributed by atoms with Crippen LogP contribution in [0, 0.1) is 5.82 Å². The molecule has 0 aliphatic carbocycles. The maximum atomic E-state index is 13.5. The molecule has 0 N–H and O–H groups in total. The fraction of sp³-hybridized carbons (Fsp3) is 0.417. The number of benzene rings is 1. The number of nitrogens with zero attached hydrogens (tertiary/aromatic N) is 1. The Bertz CT molecular complexity index is 401. The molecule has 3 heteroatoms. The zero-order valence-electron chi connectivity index (χ0n) is 8.96. The zero-order chi connectivity index (χ0) is 11.0. The molecule has 2 rings (SSSR count). The van der Waals surface area contributed by atoms with Crippen LogP contribution >= 0.6 is 0 Å². The van der Waals surface area contributed by atoms with Crippen molar-refractivity contribution in [2.75, 3.05) is 6.54 Å². The van der Waals surface area contributed by atoms with Gasteiger partial charge in [-0.2, -0.15) is 0 Å². The SMILES string of the molecule is CC(C)N1CC(=O)c2cccc(F)c2C1. The molecule has 0 radical (unpaired) electrons. The Balaban J connectivity index is 2.42. The summed E-state index contributed by atoms with van der Waals surface area (Å²) in [4.78, 5) is 13.7. The van der Waals surface area contributed by atoms with E-state index in [0.717, 1.165) is 0 Å². The van der Waals surface area contributed by atoms with Gasteiger partial charge in [-0.3, -0.25) is 9.69 Å². The van der Waals surface area contributed by atoms with E-state index < -0.39 is 0 Å². The summed E-state index contributed by atoms with van der Waals surface area (Å²) in [5.74, 6) is -0.254. The number of rotatable bonds is 1. The van der Waals surface area contributed by atoms with E-state index in [2.05, 4.69) is 0 Å². The van der Waals surface area contributed by atoms with Crippen molar-refractivity contribution < 1.29 is 9.18 Å². The van der Waals surface area contributed by atoms with Crippen LogP contribution in [0.3, 0.4) is 0 Å². The molecule has 15 heavy (non-hydrogen) atoms. The lowest BCUT2D eigenvalue weighted by atomic mass is 9.97. The molecule has 1 aliphatic rings. The van der Waals surface area contributed by atoms with Gasteiger partial charge in [0.05, 0.1) is 6.54 Å². The number of fused-ring (bicyclic) bond motifs is 1. The molecule has 1 aromatic carbocycles. The van der Waals surface area contributed by atoms with E-state index in [9.17, 15) is 9.18 Å². The topological polar surface area (TPSA) is 20.3 Å². The van der Waals surface area contributed by atoms with Gasteiger partial charge in [-0.1, -0.05) is 12.1 Å². The van der Waals surface area contributed by atoms with Gasteiger partial charge in [0, 0.05) is 23.7 Å². The first kappa shape index (κ1) is 10.3. The molecular formula is C12H14FNO. The summed E-state index contributed by atoms with van der Waals surface area (Å²) in [5, 5.41) is 0. The second-order valence-corrected chi connectivity index (χ2v) is 4.19. The Morgan fingerprint density at radius 2 is 2.07 bits per heavy atom. The van der Waals surface area contributed by atoms with E-state index in [-0.39, 0.29) is 17.6 Å². The third kappa shape index (κ3) is 1.79. The molecular weight excluding hydrogens is 193 g/mol. The molecule has 1 heterocycles. The molecule has 2 nitrogen and oxygen atoms in total. The Labute approximate surface area is 88.7 Å². The van der Waals surface area contributed by atoms with E-state index >= 15 is 0 Å². The maximum absolute atomic E-state index is 13.5. The number of ketones is 1. The highest BCUT2D eigenvalue weighted by Crippen LogP contribution is 2.22. The fourth-order valence-electron chi connectivity index (χ4n) is 1.87. The average molecular weight is 207 g/mol. The maximum Gasteiger partial charge on any atom is 0.177 e. The van der Waals surface area contributed by atoms with Crippen molar-refractivity contribution in [1.29, 1.82) is 0 Å². The largest absolute Gasteiger partial charge is 0.293 e.